The van der Waals surface area contributed by atoms with Gasteiger partial charge in [-0.3, -0.25) is 0 Å². The van der Waals surface area contributed by atoms with Crippen molar-refractivity contribution in [1.29, 1.82) is 0 Å². The van der Waals surface area contributed by atoms with Crippen molar-refractivity contribution >= 4 is 17.1 Å². The third-order valence-electron chi connectivity index (χ3n) is 17.0. The molecule has 298 valence electrons. The minimum atomic E-state index is -0.0630. The molecule has 0 atom stereocenters. The summed E-state index contributed by atoms with van der Waals surface area (Å²) in [5.74, 6) is 5.14. The third-order valence-corrected chi connectivity index (χ3v) is 17.0. The normalized spacial score (nSPS) is 28.5. The summed E-state index contributed by atoms with van der Waals surface area (Å²) in [6, 6.07) is 40.3. The first-order valence-corrected chi connectivity index (χ1v) is 22.8. The standard InChI is InChI=1S/C56H63NO/c1-52(2)23-25-54(5,6)47-32-40(17-20-44(47)52)57(41-18-21-45-48(33-41)55(7,8)26-24-53(45,3)4)42-19-22-50-49(34-42)56(38-28-35-27-36(30-38)31-39(56)29-35)46-16-12-15-43(51(46)58-50)37-13-10-9-11-14-37/h9-22,32-36,38-39H,23-31H2,1-8H3. The van der Waals surface area contributed by atoms with Crippen LogP contribution in [0.4, 0.5) is 17.1 Å². The van der Waals surface area contributed by atoms with E-state index in [1.165, 1.54) is 119 Å². The largest absolute Gasteiger partial charge is 0.456 e. The zero-order chi connectivity index (χ0) is 40.0. The van der Waals surface area contributed by atoms with E-state index in [1.54, 1.807) is 0 Å². The first kappa shape index (κ1) is 36.8. The molecule has 4 bridgehead atoms. The second-order valence-electron chi connectivity index (χ2n) is 22.3. The van der Waals surface area contributed by atoms with E-state index in [9.17, 15) is 0 Å². The average molecular weight is 766 g/mol. The third kappa shape index (κ3) is 5.28. The lowest BCUT2D eigenvalue weighted by atomic mass is 9.41. The second kappa shape index (κ2) is 12.4. The Bertz CT molecular complexity index is 2350. The summed E-state index contributed by atoms with van der Waals surface area (Å²) in [6.45, 7) is 19.6. The van der Waals surface area contributed by atoms with Crippen molar-refractivity contribution in [1.82, 2.24) is 0 Å². The molecule has 0 aromatic heterocycles. The molecule has 6 aliphatic carbocycles. The number of fused-ring (bicyclic) bond motifs is 4. The molecule has 5 aromatic carbocycles. The SMILES string of the molecule is CC1(C)CCC(C)(C)c2cc(N(c3ccc4c(c3)C(C)(C)CCC4(C)C)c3ccc4c(c3)C3(c5cccc(-c6ccccc6)c5O4)C4CC5CC(C4)CC3C5)ccc21. The van der Waals surface area contributed by atoms with Crippen molar-refractivity contribution in [2.24, 2.45) is 23.7 Å². The van der Waals surface area contributed by atoms with Gasteiger partial charge in [0.15, 0.2) is 0 Å². The first-order chi connectivity index (χ1) is 27.7. The fourth-order valence-electron chi connectivity index (χ4n) is 13.8. The predicted octanol–water partition coefficient (Wildman–Crippen LogP) is 15.4. The highest BCUT2D eigenvalue weighted by Gasteiger charge is 2.61. The number of anilines is 3. The Hall–Kier alpha value is -4.30. The van der Waals surface area contributed by atoms with Gasteiger partial charge < -0.3 is 9.64 Å². The van der Waals surface area contributed by atoms with E-state index in [-0.39, 0.29) is 27.1 Å². The number of para-hydroxylation sites is 1. The van der Waals surface area contributed by atoms with Gasteiger partial charge in [-0.25, -0.2) is 0 Å². The van der Waals surface area contributed by atoms with Crippen LogP contribution < -0.4 is 9.64 Å². The van der Waals surface area contributed by atoms with Crippen molar-refractivity contribution < 1.29 is 4.74 Å². The molecule has 58 heavy (non-hydrogen) atoms. The van der Waals surface area contributed by atoms with Crippen LogP contribution in [0.25, 0.3) is 11.1 Å². The molecule has 0 unspecified atom stereocenters. The highest BCUT2D eigenvalue weighted by atomic mass is 16.5. The Balaban J connectivity index is 1.14. The number of hydrogen-bond donors (Lipinski definition) is 0. The Morgan fingerprint density at radius 1 is 0.448 bits per heavy atom. The van der Waals surface area contributed by atoms with Crippen molar-refractivity contribution in [2.45, 2.75) is 140 Å². The Morgan fingerprint density at radius 3 is 1.47 bits per heavy atom. The number of ether oxygens (including phenoxy) is 1. The van der Waals surface area contributed by atoms with E-state index in [4.69, 9.17) is 4.74 Å². The van der Waals surface area contributed by atoms with Crippen molar-refractivity contribution in [2.75, 3.05) is 4.90 Å². The second-order valence-corrected chi connectivity index (χ2v) is 22.3. The predicted molar refractivity (Wildman–Crippen MR) is 241 cm³/mol. The minimum absolute atomic E-state index is 0.0630. The van der Waals surface area contributed by atoms with Crippen molar-refractivity contribution in [3.05, 3.63) is 137 Å². The first-order valence-electron chi connectivity index (χ1n) is 22.8. The molecule has 1 heterocycles. The highest BCUT2D eigenvalue weighted by Crippen LogP contribution is 2.70. The Kier molecular flexibility index (Phi) is 7.84. The van der Waals surface area contributed by atoms with Crippen molar-refractivity contribution in [3.8, 4) is 22.6 Å². The molecule has 0 saturated heterocycles. The number of rotatable bonds is 4. The van der Waals surface area contributed by atoms with Gasteiger partial charge in [0.25, 0.3) is 0 Å². The molecule has 4 fully saturated rings. The highest BCUT2D eigenvalue weighted by molar-refractivity contribution is 5.82. The van der Waals surface area contributed by atoms with E-state index in [0.29, 0.717) is 11.8 Å². The summed E-state index contributed by atoms with van der Waals surface area (Å²) >= 11 is 0. The maximum atomic E-state index is 7.27. The minimum Gasteiger partial charge on any atom is -0.456 e. The molecule has 1 aliphatic heterocycles. The van der Waals surface area contributed by atoms with Gasteiger partial charge in [0.1, 0.15) is 11.5 Å². The van der Waals surface area contributed by atoms with Gasteiger partial charge in [-0.15, -0.1) is 0 Å². The van der Waals surface area contributed by atoms with E-state index >= 15 is 0 Å². The summed E-state index contributed by atoms with van der Waals surface area (Å²) in [5.41, 5.74) is 15.6. The monoisotopic (exact) mass is 765 g/mol. The molecule has 1 spiro atoms. The van der Waals surface area contributed by atoms with E-state index in [0.717, 1.165) is 23.3 Å². The van der Waals surface area contributed by atoms with Gasteiger partial charge in [-0.1, -0.05) is 116 Å². The van der Waals surface area contributed by atoms with E-state index < -0.39 is 0 Å². The van der Waals surface area contributed by atoms with Crippen molar-refractivity contribution in [3.63, 3.8) is 0 Å². The van der Waals surface area contributed by atoms with Gasteiger partial charge in [-0.2, -0.15) is 0 Å². The molecule has 7 aliphatic rings. The topological polar surface area (TPSA) is 12.5 Å². The maximum absolute atomic E-state index is 7.27. The molecular formula is C56H63NO. The van der Waals surface area contributed by atoms with Crippen LogP contribution in [0.1, 0.15) is 147 Å². The van der Waals surface area contributed by atoms with Crippen LogP contribution in [0.15, 0.2) is 103 Å². The summed E-state index contributed by atoms with van der Waals surface area (Å²) in [5, 5.41) is 0. The number of benzene rings is 5. The van der Waals surface area contributed by atoms with Gasteiger partial charge in [0.2, 0.25) is 0 Å². The van der Waals surface area contributed by atoms with Crippen LogP contribution in [0.5, 0.6) is 11.5 Å². The average Bonchev–Trinajstić information content (AvgIpc) is 3.20. The molecule has 12 rings (SSSR count). The van der Waals surface area contributed by atoms with Crippen LogP contribution in [-0.4, -0.2) is 0 Å². The zero-order valence-electron chi connectivity index (χ0n) is 36.3. The maximum Gasteiger partial charge on any atom is 0.139 e. The van der Waals surface area contributed by atoms with Gasteiger partial charge in [-0.05, 0) is 173 Å². The number of nitrogens with zero attached hydrogens (tertiary/aromatic N) is 1. The van der Waals surface area contributed by atoms with Crippen LogP contribution in [0.3, 0.4) is 0 Å². The van der Waals surface area contributed by atoms with E-state index in [1.807, 2.05) is 0 Å². The van der Waals surface area contributed by atoms with Crippen LogP contribution in [-0.2, 0) is 27.1 Å². The van der Waals surface area contributed by atoms with Crippen LogP contribution in [0, 0.1) is 23.7 Å². The molecule has 0 amide bonds. The summed E-state index contributed by atoms with van der Waals surface area (Å²) in [7, 11) is 0. The summed E-state index contributed by atoms with van der Waals surface area (Å²) in [4.78, 5) is 2.62. The fourth-order valence-corrected chi connectivity index (χ4v) is 13.8. The smallest absolute Gasteiger partial charge is 0.139 e. The molecule has 0 N–H and O–H groups in total. The van der Waals surface area contributed by atoms with Crippen LogP contribution >= 0.6 is 0 Å². The molecule has 4 saturated carbocycles. The summed E-state index contributed by atoms with van der Waals surface area (Å²) < 4.78 is 7.27. The fraction of sp³-hybridized carbons (Fsp3) is 0.464. The lowest BCUT2D eigenvalue weighted by molar-refractivity contribution is -0.0451. The van der Waals surface area contributed by atoms with Crippen LogP contribution in [0.2, 0.25) is 0 Å². The number of hydrogen-bond acceptors (Lipinski definition) is 2. The molecule has 5 aromatic rings. The quantitative estimate of drug-likeness (QED) is 0.181. The van der Waals surface area contributed by atoms with E-state index in [2.05, 4.69) is 163 Å². The summed E-state index contributed by atoms with van der Waals surface area (Å²) in [6.07, 6.45) is 11.6. The zero-order valence-corrected chi connectivity index (χ0v) is 36.3. The lowest BCUT2D eigenvalue weighted by Crippen LogP contribution is -2.57. The van der Waals surface area contributed by atoms with Gasteiger partial charge >= 0.3 is 0 Å². The molecule has 2 heteroatoms. The Morgan fingerprint density at radius 2 is 0.931 bits per heavy atom. The van der Waals surface area contributed by atoms with Gasteiger partial charge in [0.05, 0.1) is 0 Å². The Labute approximate surface area is 348 Å². The van der Waals surface area contributed by atoms with Gasteiger partial charge in [0, 0.05) is 39.2 Å². The molecule has 0 radical (unpaired) electrons. The lowest BCUT2D eigenvalue weighted by Gasteiger charge is -2.63. The molecule has 2 nitrogen and oxygen atoms in total. The molecular weight excluding hydrogens is 703 g/mol.